The summed E-state index contributed by atoms with van der Waals surface area (Å²) in [6.45, 7) is 3.35. The predicted molar refractivity (Wildman–Crippen MR) is 88.2 cm³/mol. The maximum atomic E-state index is 6.24. The van der Waals surface area contributed by atoms with Crippen LogP contribution < -0.4 is 14.8 Å². The SMILES string of the molecule is COc1c(Br)cc(C2(C)CCCN2)cc1OC1CCCC1. The Morgan fingerprint density at radius 2 is 2.00 bits per heavy atom. The van der Waals surface area contributed by atoms with Crippen molar-refractivity contribution >= 4 is 15.9 Å². The molecule has 21 heavy (non-hydrogen) atoms. The molecule has 1 unspecified atom stereocenters. The molecule has 116 valence electrons. The van der Waals surface area contributed by atoms with Crippen LogP contribution in [0.5, 0.6) is 11.5 Å². The second kappa shape index (κ2) is 6.17. The molecule has 1 aromatic carbocycles. The highest BCUT2D eigenvalue weighted by molar-refractivity contribution is 9.10. The molecule has 1 saturated carbocycles. The van der Waals surface area contributed by atoms with E-state index in [1.165, 1.54) is 24.8 Å². The predicted octanol–water partition coefficient (Wildman–Crippen LogP) is 4.38. The molecule has 2 aliphatic rings. The summed E-state index contributed by atoms with van der Waals surface area (Å²) in [6, 6.07) is 4.33. The second-order valence-electron chi connectivity index (χ2n) is 6.38. The summed E-state index contributed by atoms with van der Waals surface area (Å²) in [5.41, 5.74) is 1.32. The van der Waals surface area contributed by atoms with Crippen LogP contribution in [-0.4, -0.2) is 19.8 Å². The Bertz CT molecular complexity index is 506. The molecule has 1 aliphatic heterocycles. The van der Waals surface area contributed by atoms with Gasteiger partial charge in [-0.25, -0.2) is 0 Å². The van der Waals surface area contributed by atoms with E-state index >= 15 is 0 Å². The first kappa shape index (κ1) is 15.2. The zero-order valence-electron chi connectivity index (χ0n) is 12.9. The zero-order valence-corrected chi connectivity index (χ0v) is 14.5. The number of benzene rings is 1. The summed E-state index contributed by atoms with van der Waals surface area (Å²) < 4.78 is 12.8. The number of ether oxygens (including phenoxy) is 2. The van der Waals surface area contributed by atoms with Crippen LogP contribution in [0.1, 0.15) is 51.0 Å². The standard InChI is InChI=1S/C17H24BrNO2/c1-17(8-5-9-19-17)12-10-14(18)16(20-2)15(11-12)21-13-6-3-4-7-13/h10-11,13,19H,3-9H2,1-2H3. The van der Waals surface area contributed by atoms with Gasteiger partial charge < -0.3 is 14.8 Å². The van der Waals surface area contributed by atoms with Gasteiger partial charge in [0.05, 0.1) is 17.7 Å². The van der Waals surface area contributed by atoms with E-state index in [0.29, 0.717) is 6.10 Å². The molecule has 1 saturated heterocycles. The highest BCUT2D eigenvalue weighted by Gasteiger charge is 2.32. The van der Waals surface area contributed by atoms with Gasteiger partial charge in [-0.1, -0.05) is 0 Å². The maximum absolute atomic E-state index is 6.24. The smallest absolute Gasteiger partial charge is 0.174 e. The molecule has 1 aromatic rings. The minimum atomic E-state index is 0.0442. The van der Waals surface area contributed by atoms with E-state index in [4.69, 9.17) is 9.47 Å². The van der Waals surface area contributed by atoms with Gasteiger partial charge in [-0.15, -0.1) is 0 Å². The van der Waals surface area contributed by atoms with Crippen molar-refractivity contribution in [3.63, 3.8) is 0 Å². The number of methoxy groups -OCH3 is 1. The fourth-order valence-electron chi connectivity index (χ4n) is 3.50. The third-order valence-electron chi connectivity index (χ3n) is 4.82. The van der Waals surface area contributed by atoms with Crippen LogP contribution in [0.3, 0.4) is 0 Å². The lowest BCUT2D eigenvalue weighted by Gasteiger charge is -2.27. The normalized spacial score (nSPS) is 26.2. The molecule has 0 spiro atoms. The van der Waals surface area contributed by atoms with Gasteiger partial charge in [0, 0.05) is 5.54 Å². The molecule has 0 bridgehead atoms. The molecule has 1 N–H and O–H groups in total. The number of hydrogen-bond acceptors (Lipinski definition) is 3. The van der Waals surface area contributed by atoms with E-state index in [-0.39, 0.29) is 5.54 Å². The highest BCUT2D eigenvalue weighted by atomic mass is 79.9. The third-order valence-corrected chi connectivity index (χ3v) is 5.40. The molecule has 1 heterocycles. The van der Waals surface area contributed by atoms with E-state index in [0.717, 1.165) is 41.8 Å². The summed E-state index contributed by atoms with van der Waals surface area (Å²) in [7, 11) is 1.71. The van der Waals surface area contributed by atoms with Crippen molar-refractivity contribution in [3.8, 4) is 11.5 Å². The van der Waals surface area contributed by atoms with Crippen LogP contribution in [0.4, 0.5) is 0 Å². The summed E-state index contributed by atoms with van der Waals surface area (Å²) in [5.74, 6) is 1.69. The Hall–Kier alpha value is -0.740. The zero-order chi connectivity index (χ0) is 14.9. The first-order chi connectivity index (χ1) is 10.1. The average molecular weight is 354 g/mol. The van der Waals surface area contributed by atoms with Crippen molar-refractivity contribution in [2.75, 3.05) is 13.7 Å². The molecule has 1 atom stereocenters. The summed E-state index contributed by atoms with van der Waals surface area (Å²) >= 11 is 3.65. The fraction of sp³-hybridized carbons (Fsp3) is 0.647. The number of halogens is 1. The summed E-state index contributed by atoms with van der Waals surface area (Å²) in [6.07, 6.45) is 7.57. The topological polar surface area (TPSA) is 30.5 Å². The quantitative estimate of drug-likeness (QED) is 0.871. The number of hydrogen-bond donors (Lipinski definition) is 1. The minimum Gasteiger partial charge on any atom is -0.492 e. The van der Waals surface area contributed by atoms with Gasteiger partial charge in [-0.2, -0.15) is 0 Å². The summed E-state index contributed by atoms with van der Waals surface area (Å²) in [4.78, 5) is 0. The molecular weight excluding hydrogens is 330 g/mol. The summed E-state index contributed by atoms with van der Waals surface area (Å²) in [5, 5.41) is 3.62. The Balaban J connectivity index is 1.93. The minimum absolute atomic E-state index is 0.0442. The highest BCUT2D eigenvalue weighted by Crippen LogP contribution is 2.42. The van der Waals surface area contributed by atoms with Gasteiger partial charge in [0.25, 0.3) is 0 Å². The average Bonchev–Trinajstić information content (AvgIpc) is 3.11. The molecule has 4 heteroatoms. The molecule has 3 nitrogen and oxygen atoms in total. The molecular formula is C17H24BrNO2. The van der Waals surface area contributed by atoms with E-state index in [1.54, 1.807) is 7.11 Å². The molecule has 2 fully saturated rings. The van der Waals surface area contributed by atoms with Crippen LogP contribution in [0.15, 0.2) is 16.6 Å². The van der Waals surface area contributed by atoms with Crippen molar-refractivity contribution in [1.82, 2.24) is 5.32 Å². The second-order valence-corrected chi connectivity index (χ2v) is 7.23. The lowest BCUT2D eigenvalue weighted by Crippen LogP contribution is -2.33. The monoisotopic (exact) mass is 353 g/mol. The van der Waals surface area contributed by atoms with Gasteiger partial charge in [0.15, 0.2) is 11.5 Å². The van der Waals surface area contributed by atoms with Crippen molar-refractivity contribution in [3.05, 3.63) is 22.2 Å². The van der Waals surface area contributed by atoms with Crippen molar-refractivity contribution in [1.29, 1.82) is 0 Å². The van der Waals surface area contributed by atoms with E-state index < -0.39 is 0 Å². The number of nitrogens with one attached hydrogen (secondary N) is 1. The first-order valence-electron chi connectivity index (χ1n) is 7.92. The van der Waals surface area contributed by atoms with Crippen molar-refractivity contribution in [2.24, 2.45) is 0 Å². The number of rotatable bonds is 4. The van der Waals surface area contributed by atoms with Gasteiger partial charge in [0.1, 0.15) is 0 Å². The lowest BCUT2D eigenvalue weighted by atomic mass is 9.90. The Labute approximate surface area is 135 Å². The lowest BCUT2D eigenvalue weighted by molar-refractivity contribution is 0.199. The molecule has 0 amide bonds. The van der Waals surface area contributed by atoms with Gasteiger partial charge >= 0.3 is 0 Å². The van der Waals surface area contributed by atoms with Crippen LogP contribution in [-0.2, 0) is 5.54 Å². The first-order valence-corrected chi connectivity index (χ1v) is 8.71. The van der Waals surface area contributed by atoms with Gasteiger partial charge in [-0.3, -0.25) is 0 Å². The molecule has 3 rings (SSSR count). The fourth-order valence-corrected chi connectivity index (χ4v) is 4.10. The van der Waals surface area contributed by atoms with Crippen molar-refractivity contribution < 1.29 is 9.47 Å². The van der Waals surface area contributed by atoms with Crippen molar-refractivity contribution in [2.45, 2.75) is 57.1 Å². The van der Waals surface area contributed by atoms with Crippen LogP contribution in [0.25, 0.3) is 0 Å². The third kappa shape index (κ3) is 3.07. The largest absolute Gasteiger partial charge is 0.492 e. The van der Waals surface area contributed by atoms with E-state index in [9.17, 15) is 0 Å². The Kier molecular flexibility index (Phi) is 4.46. The Morgan fingerprint density at radius 3 is 2.62 bits per heavy atom. The molecule has 1 aliphatic carbocycles. The van der Waals surface area contributed by atoms with Gasteiger partial charge in [-0.05, 0) is 85.6 Å². The van der Waals surface area contributed by atoms with E-state index in [1.807, 2.05) is 0 Å². The van der Waals surface area contributed by atoms with Gasteiger partial charge in [0.2, 0.25) is 0 Å². The van der Waals surface area contributed by atoms with Crippen LogP contribution >= 0.6 is 15.9 Å². The maximum Gasteiger partial charge on any atom is 0.174 e. The Morgan fingerprint density at radius 1 is 1.24 bits per heavy atom. The van der Waals surface area contributed by atoms with Crippen LogP contribution in [0.2, 0.25) is 0 Å². The van der Waals surface area contributed by atoms with Crippen LogP contribution in [0, 0.1) is 0 Å². The van der Waals surface area contributed by atoms with E-state index in [2.05, 4.69) is 40.3 Å². The molecule has 0 aromatic heterocycles. The molecule has 0 radical (unpaired) electrons.